The summed E-state index contributed by atoms with van der Waals surface area (Å²) >= 11 is 0. The summed E-state index contributed by atoms with van der Waals surface area (Å²) in [5, 5.41) is 0. The summed E-state index contributed by atoms with van der Waals surface area (Å²) in [6, 6.07) is 26.2. The Morgan fingerprint density at radius 1 is 0.500 bits per heavy atom. The van der Waals surface area contributed by atoms with E-state index in [-0.39, 0.29) is 6.10 Å². The van der Waals surface area contributed by atoms with Crippen molar-refractivity contribution in [1.29, 1.82) is 0 Å². The number of rotatable bonds is 21. The Kier molecular flexibility index (Phi) is 15.6. The summed E-state index contributed by atoms with van der Waals surface area (Å²) in [4.78, 5) is 0. The molecule has 3 aromatic carbocycles. The average molecular weight is 543 g/mol. The number of hydrogen-bond donors (Lipinski definition) is 0. The van der Waals surface area contributed by atoms with E-state index in [0.717, 1.165) is 31.8 Å². The molecule has 0 radical (unpaired) electrons. The normalized spacial score (nSPS) is 12.0. The van der Waals surface area contributed by atoms with Gasteiger partial charge in [0.15, 0.2) is 0 Å². The van der Waals surface area contributed by atoms with Gasteiger partial charge in [-0.2, -0.15) is 0 Å². The third kappa shape index (κ3) is 11.5. The van der Waals surface area contributed by atoms with Crippen molar-refractivity contribution in [2.24, 2.45) is 0 Å². The summed E-state index contributed by atoms with van der Waals surface area (Å²) in [7, 11) is 0. The van der Waals surface area contributed by atoms with Crippen molar-refractivity contribution < 1.29 is 9.47 Å². The second-order valence-corrected chi connectivity index (χ2v) is 11.3. The number of hydrogen-bond acceptors (Lipinski definition) is 2. The third-order valence-corrected chi connectivity index (χ3v) is 7.92. The number of benzene rings is 3. The van der Waals surface area contributed by atoms with E-state index < -0.39 is 0 Å². The highest BCUT2D eigenvalue weighted by Gasteiger charge is 2.10. The van der Waals surface area contributed by atoms with Gasteiger partial charge in [0.1, 0.15) is 5.75 Å². The summed E-state index contributed by atoms with van der Waals surface area (Å²) in [5.74, 6) is 0.953. The lowest BCUT2D eigenvalue weighted by atomic mass is 9.94. The quantitative estimate of drug-likeness (QED) is 0.125. The Morgan fingerprint density at radius 3 is 1.50 bits per heavy atom. The van der Waals surface area contributed by atoms with Crippen molar-refractivity contribution >= 4 is 0 Å². The van der Waals surface area contributed by atoms with Gasteiger partial charge in [-0.3, -0.25) is 0 Å². The molecule has 1 unspecified atom stereocenters. The van der Waals surface area contributed by atoms with Crippen LogP contribution in [0.5, 0.6) is 5.75 Å². The molecule has 0 aliphatic rings. The Morgan fingerprint density at radius 2 is 0.950 bits per heavy atom. The molecular weight excluding hydrogens is 488 g/mol. The van der Waals surface area contributed by atoms with Crippen LogP contribution in [0.15, 0.2) is 72.8 Å². The fourth-order valence-electron chi connectivity index (χ4n) is 5.32. The van der Waals surface area contributed by atoms with Crippen molar-refractivity contribution in [3.8, 4) is 28.0 Å². The van der Waals surface area contributed by atoms with E-state index in [1.165, 1.54) is 105 Å². The molecule has 218 valence electrons. The molecule has 0 amide bonds. The lowest BCUT2D eigenvalue weighted by molar-refractivity contribution is 0.0627. The standard InChI is InChI=1S/C38H54O2/c1-4-6-8-10-11-12-13-14-15-19-30-39-32(3)33-22-24-34(25-23-33)37-20-16-17-21-38(37)35-26-28-36(29-27-35)40-31-18-9-7-5-2/h16-17,20-29,32H,4-15,18-19,30-31H2,1-3H3. The molecule has 2 nitrogen and oxygen atoms in total. The zero-order valence-corrected chi connectivity index (χ0v) is 25.6. The second kappa shape index (κ2) is 19.5. The van der Waals surface area contributed by atoms with Crippen molar-refractivity contribution in [3.05, 3.63) is 78.4 Å². The van der Waals surface area contributed by atoms with E-state index in [0.29, 0.717) is 0 Å². The van der Waals surface area contributed by atoms with Crippen molar-refractivity contribution in [2.75, 3.05) is 13.2 Å². The molecular formula is C38H54O2. The molecule has 3 aromatic rings. The van der Waals surface area contributed by atoms with E-state index in [2.05, 4.69) is 93.6 Å². The zero-order valence-electron chi connectivity index (χ0n) is 25.6. The van der Waals surface area contributed by atoms with Crippen molar-refractivity contribution in [2.45, 2.75) is 117 Å². The molecule has 40 heavy (non-hydrogen) atoms. The van der Waals surface area contributed by atoms with Crippen LogP contribution in [-0.2, 0) is 4.74 Å². The van der Waals surface area contributed by atoms with Crippen LogP contribution in [-0.4, -0.2) is 13.2 Å². The van der Waals surface area contributed by atoms with Crippen LogP contribution in [0.25, 0.3) is 22.3 Å². The number of ether oxygens (including phenoxy) is 2. The Hall–Kier alpha value is -2.58. The molecule has 0 aliphatic carbocycles. The van der Waals surface area contributed by atoms with Crippen molar-refractivity contribution in [1.82, 2.24) is 0 Å². The van der Waals surface area contributed by atoms with E-state index in [1.807, 2.05) is 0 Å². The maximum Gasteiger partial charge on any atom is 0.119 e. The second-order valence-electron chi connectivity index (χ2n) is 11.3. The molecule has 0 bridgehead atoms. The van der Waals surface area contributed by atoms with Crippen LogP contribution in [0.4, 0.5) is 0 Å². The van der Waals surface area contributed by atoms with Crippen LogP contribution >= 0.6 is 0 Å². The molecule has 0 N–H and O–H groups in total. The van der Waals surface area contributed by atoms with Gasteiger partial charge in [0.05, 0.1) is 12.7 Å². The molecule has 0 spiro atoms. The smallest absolute Gasteiger partial charge is 0.119 e. The van der Waals surface area contributed by atoms with Crippen LogP contribution in [0.2, 0.25) is 0 Å². The van der Waals surface area contributed by atoms with Gasteiger partial charge in [0, 0.05) is 6.61 Å². The largest absolute Gasteiger partial charge is 0.494 e. The molecule has 3 rings (SSSR count). The topological polar surface area (TPSA) is 18.5 Å². The van der Waals surface area contributed by atoms with Gasteiger partial charge in [0.2, 0.25) is 0 Å². The van der Waals surface area contributed by atoms with Gasteiger partial charge in [0.25, 0.3) is 0 Å². The van der Waals surface area contributed by atoms with Gasteiger partial charge >= 0.3 is 0 Å². The highest BCUT2D eigenvalue weighted by molar-refractivity contribution is 5.83. The van der Waals surface area contributed by atoms with Crippen LogP contribution in [0.1, 0.15) is 122 Å². The molecule has 0 aliphatic heterocycles. The maximum atomic E-state index is 6.19. The first kappa shape index (κ1) is 31.9. The Balaban J connectivity index is 1.44. The van der Waals surface area contributed by atoms with Gasteiger partial charge in [-0.05, 0) is 59.7 Å². The minimum absolute atomic E-state index is 0.123. The van der Waals surface area contributed by atoms with Gasteiger partial charge < -0.3 is 9.47 Å². The van der Waals surface area contributed by atoms with E-state index in [9.17, 15) is 0 Å². The lowest BCUT2D eigenvalue weighted by Crippen LogP contribution is -2.02. The summed E-state index contributed by atoms with van der Waals surface area (Å²) in [5.41, 5.74) is 6.19. The molecule has 0 fully saturated rings. The Labute approximate surface area is 245 Å². The SMILES string of the molecule is CCCCCCCCCCCCOC(C)c1ccc(-c2ccccc2-c2ccc(OCCCCCC)cc2)cc1. The highest BCUT2D eigenvalue weighted by atomic mass is 16.5. The molecule has 0 aromatic heterocycles. The number of unbranched alkanes of at least 4 members (excludes halogenated alkanes) is 12. The van der Waals surface area contributed by atoms with Crippen LogP contribution < -0.4 is 4.74 Å². The van der Waals surface area contributed by atoms with Crippen LogP contribution in [0.3, 0.4) is 0 Å². The molecule has 0 heterocycles. The fourth-order valence-corrected chi connectivity index (χ4v) is 5.32. The predicted octanol–water partition coefficient (Wildman–Crippen LogP) is 12.0. The third-order valence-electron chi connectivity index (χ3n) is 7.92. The van der Waals surface area contributed by atoms with Crippen LogP contribution in [0, 0.1) is 0 Å². The summed E-state index contributed by atoms with van der Waals surface area (Å²) in [6.45, 7) is 8.34. The minimum atomic E-state index is 0.123. The average Bonchev–Trinajstić information content (AvgIpc) is 3.00. The predicted molar refractivity (Wildman–Crippen MR) is 173 cm³/mol. The summed E-state index contributed by atoms with van der Waals surface area (Å²) < 4.78 is 12.1. The van der Waals surface area contributed by atoms with Gasteiger partial charge in [-0.25, -0.2) is 0 Å². The van der Waals surface area contributed by atoms with E-state index in [1.54, 1.807) is 0 Å². The van der Waals surface area contributed by atoms with Crippen molar-refractivity contribution in [3.63, 3.8) is 0 Å². The van der Waals surface area contributed by atoms with Gasteiger partial charge in [-0.1, -0.05) is 152 Å². The fraction of sp³-hybridized carbons (Fsp3) is 0.526. The van der Waals surface area contributed by atoms with E-state index >= 15 is 0 Å². The summed E-state index contributed by atoms with van der Waals surface area (Å²) in [6.07, 6.45) is 18.6. The molecule has 2 heteroatoms. The van der Waals surface area contributed by atoms with E-state index in [4.69, 9.17) is 9.47 Å². The first-order valence-electron chi connectivity index (χ1n) is 16.3. The zero-order chi connectivity index (χ0) is 28.3. The molecule has 0 saturated heterocycles. The first-order valence-corrected chi connectivity index (χ1v) is 16.3. The minimum Gasteiger partial charge on any atom is -0.494 e. The monoisotopic (exact) mass is 542 g/mol. The maximum absolute atomic E-state index is 6.19. The molecule has 0 saturated carbocycles. The molecule has 1 atom stereocenters. The Bertz CT molecular complexity index is 1040. The van der Waals surface area contributed by atoms with Gasteiger partial charge in [-0.15, -0.1) is 0 Å². The lowest BCUT2D eigenvalue weighted by Gasteiger charge is -2.15. The highest BCUT2D eigenvalue weighted by Crippen LogP contribution is 2.33. The first-order chi connectivity index (χ1) is 19.7.